The van der Waals surface area contributed by atoms with Gasteiger partial charge in [0.1, 0.15) is 0 Å². The molecule has 1 aromatic carbocycles. The van der Waals surface area contributed by atoms with Crippen molar-refractivity contribution in [3.63, 3.8) is 0 Å². The van der Waals surface area contributed by atoms with Gasteiger partial charge in [-0.05, 0) is 47.8 Å². The summed E-state index contributed by atoms with van der Waals surface area (Å²) >= 11 is 9.49. The molecule has 5 heteroatoms. The summed E-state index contributed by atoms with van der Waals surface area (Å²) in [6.07, 6.45) is 1.51. The largest absolute Gasteiger partial charge is 0.393 e. The van der Waals surface area contributed by atoms with Crippen molar-refractivity contribution in [3.05, 3.63) is 33.3 Å². The molecule has 104 valence electrons. The van der Waals surface area contributed by atoms with Crippen LogP contribution < -0.4 is 0 Å². The fourth-order valence-corrected chi connectivity index (χ4v) is 3.00. The van der Waals surface area contributed by atoms with Gasteiger partial charge in [-0.1, -0.05) is 17.7 Å². The first-order chi connectivity index (χ1) is 9.00. The predicted octanol–water partition coefficient (Wildman–Crippen LogP) is 3.34. The maximum Gasteiger partial charge on any atom is 0.255 e. The van der Waals surface area contributed by atoms with E-state index in [-0.39, 0.29) is 17.9 Å². The van der Waals surface area contributed by atoms with Crippen molar-refractivity contribution in [2.75, 3.05) is 13.1 Å². The van der Waals surface area contributed by atoms with E-state index in [1.54, 1.807) is 24.0 Å². The zero-order valence-corrected chi connectivity index (χ0v) is 13.1. The molecule has 0 spiro atoms. The van der Waals surface area contributed by atoms with Gasteiger partial charge in [0.15, 0.2) is 0 Å². The van der Waals surface area contributed by atoms with Crippen molar-refractivity contribution >= 4 is 33.4 Å². The number of nitrogens with zero attached hydrogens (tertiary/aromatic N) is 1. The Balaban J connectivity index is 2.17. The Morgan fingerprint density at radius 2 is 2.32 bits per heavy atom. The van der Waals surface area contributed by atoms with E-state index in [9.17, 15) is 9.90 Å². The second-order valence-electron chi connectivity index (χ2n) is 5.00. The average Bonchev–Trinajstić information content (AvgIpc) is 2.41. The van der Waals surface area contributed by atoms with E-state index in [0.29, 0.717) is 17.1 Å². The molecular formula is C14H17BrClNO2. The maximum atomic E-state index is 12.5. The van der Waals surface area contributed by atoms with Crippen LogP contribution >= 0.6 is 27.5 Å². The maximum absolute atomic E-state index is 12.5. The third kappa shape index (κ3) is 3.30. The van der Waals surface area contributed by atoms with Crippen LogP contribution in [-0.2, 0) is 0 Å². The molecule has 2 unspecified atom stereocenters. The van der Waals surface area contributed by atoms with Crippen LogP contribution in [0.4, 0.5) is 0 Å². The molecule has 0 aromatic heterocycles. The number of carbonyl (C=O) groups is 1. The Bertz CT molecular complexity index is 479. The van der Waals surface area contributed by atoms with Crippen LogP contribution in [-0.4, -0.2) is 35.1 Å². The third-order valence-electron chi connectivity index (χ3n) is 3.61. The molecule has 1 heterocycles. The number of amides is 1. The molecule has 2 rings (SSSR count). The van der Waals surface area contributed by atoms with Crippen molar-refractivity contribution in [1.29, 1.82) is 0 Å². The molecule has 1 N–H and O–H groups in total. The van der Waals surface area contributed by atoms with Crippen LogP contribution in [0, 0.1) is 5.92 Å². The summed E-state index contributed by atoms with van der Waals surface area (Å²) in [7, 11) is 0. The van der Waals surface area contributed by atoms with Crippen LogP contribution in [0.25, 0.3) is 0 Å². The molecular weight excluding hydrogens is 330 g/mol. The number of aliphatic hydroxyl groups excluding tert-OH is 1. The van der Waals surface area contributed by atoms with Crippen molar-refractivity contribution in [1.82, 2.24) is 4.90 Å². The van der Waals surface area contributed by atoms with E-state index in [4.69, 9.17) is 11.6 Å². The predicted molar refractivity (Wildman–Crippen MR) is 79.5 cm³/mol. The van der Waals surface area contributed by atoms with E-state index >= 15 is 0 Å². The number of benzene rings is 1. The Labute approximate surface area is 126 Å². The quantitative estimate of drug-likeness (QED) is 0.892. The number of carbonyl (C=O) groups excluding carboxylic acids is 1. The summed E-state index contributed by atoms with van der Waals surface area (Å²) < 4.78 is 0.726. The highest BCUT2D eigenvalue weighted by atomic mass is 79.9. The number of hydrogen-bond acceptors (Lipinski definition) is 2. The Morgan fingerprint density at radius 3 is 3.00 bits per heavy atom. The van der Waals surface area contributed by atoms with E-state index in [1.807, 2.05) is 6.07 Å². The van der Waals surface area contributed by atoms with Gasteiger partial charge in [0.25, 0.3) is 5.91 Å². The van der Waals surface area contributed by atoms with Gasteiger partial charge in [0.05, 0.1) is 16.7 Å². The van der Waals surface area contributed by atoms with Crippen molar-refractivity contribution in [2.24, 2.45) is 5.92 Å². The lowest BCUT2D eigenvalue weighted by Gasteiger charge is -2.34. The Hall–Kier alpha value is -0.580. The molecule has 0 saturated carbocycles. The normalized spacial score (nSPS) is 21.3. The van der Waals surface area contributed by atoms with Gasteiger partial charge in [-0.3, -0.25) is 4.79 Å². The molecule has 0 bridgehead atoms. The van der Waals surface area contributed by atoms with Gasteiger partial charge >= 0.3 is 0 Å². The Morgan fingerprint density at radius 1 is 1.58 bits per heavy atom. The van der Waals surface area contributed by atoms with Crippen LogP contribution in [0.3, 0.4) is 0 Å². The minimum atomic E-state index is -0.381. The lowest BCUT2D eigenvalue weighted by Crippen LogP contribution is -2.43. The second-order valence-corrected chi connectivity index (χ2v) is 6.23. The molecule has 1 aliphatic rings. The summed E-state index contributed by atoms with van der Waals surface area (Å²) in [6.45, 7) is 3.11. The minimum Gasteiger partial charge on any atom is -0.393 e. The SMILES string of the molecule is CC(O)C1CCCN(C(=O)c2cccc(Br)c2Cl)C1. The Kier molecular flexibility index (Phi) is 4.87. The molecule has 1 fully saturated rings. The van der Waals surface area contributed by atoms with E-state index in [2.05, 4.69) is 15.9 Å². The highest BCUT2D eigenvalue weighted by molar-refractivity contribution is 9.10. The van der Waals surface area contributed by atoms with Crippen molar-refractivity contribution < 1.29 is 9.90 Å². The van der Waals surface area contributed by atoms with Gasteiger partial charge in [0.2, 0.25) is 0 Å². The van der Waals surface area contributed by atoms with Crippen LogP contribution in [0.15, 0.2) is 22.7 Å². The highest BCUT2D eigenvalue weighted by Gasteiger charge is 2.28. The fourth-order valence-electron chi connectivity index (χ4n) is 2.43. The summed E-state index contributed by atoms with van der Waals surface area (Å²) in [5, 5.41) is 10.1. The molecule has 2 atom stereocenters. The van der Waals surface area contributed by atoms with Crippen molar-refractivity contribution in [3.8, 4) is 0 Å². The number of halogens is 2. The van der Waals surface area contributed by atoms with Crippen LogP contribution in [0.1, 0.15) is 30.1 Å². The third-order valence-corrected chi connectivity index (χ3v) is 4.91. The molecule has 0 radical (unpaired) electrons. The van der Waals surface area contributed by atoms with E-state index in [0.717, 1.165) is 23.9 Å². The van der Waals surface area contributed by atoms with Gasteiger partial charge in [-0.15, -0.1) is 0 Å². The van der Waals surface area contributed by atoms with E-state index < -0.39 is 0 Å². The van der Waals surface area contributed by atoms with Crippen LogP contribution in [0.5, 0.6) is 0 Å². The zero-order valence-electron chi connectivity index (χ0n) is 10.8. The highest BCUT2D eigenvalue weighted by Crippen LogP contribution is 2.28. The van der Waals surface area contributed by atoms with Gasteiger partial charge < -0.3 is 10.0 Å². The standard InChI is InChI=1S/C14H17BrClNO2/c1-9(18)10-4-3-7-17(8-10)14(19)11-5-2-6-12(15)13(11)16/h2,5-6,9-10,18H,3-4,7-8H2,1H3. The number of likely N-dealkylation sites (tertiary alicyclic amines) is 1. The average molecular weight is 347 g/mol. The number of rotatable bonds is 2. The smallest absolute Gasteiger partial charge is 0.255 e. The molecule has 19 heavy (non-hydrogen) atoms. The number of hydrogen-bond donors (Lipinski definition) is 1. The molecule has 3 nitrogen and oxygen atoms in total. The van der Waals surface area contributed by atoms with E-state index in [1.165, 1.54) is 0 Å². The summed E-state index contributed by atoms with van der Waals surface area (Å²) in [4.78, 5) is 14.3. The summed E-state index contributed by atoms with van der Waals surface area (Å²) in [5.41, 5.74) is 0.516. The second kappa shape index (κ2) is 6.25. The molecule has 0 aliphatic carbocycles. The fraction of sp³-hybridized carbons (Fsp3) is 0.500. The summed E-state index contributed by atoms with van der Waals surface area (Å²) in [5.74, 6) is 0.0975. The first-order valence-corrected chi connectivity index (χ1v) is 7.59. The van der Waals surface area contributed by atoms with Crippen LogP contribution in [0.2, 0.25) is 5.02 Å². The van der Waals surface area contributed by atoms with Crippen molar-refractivity contribution in [2.45, 2.75) is 25.9 Å². The molecule has 1 aliphatic heterocycles. The molecule has 1 aromatic rings. The molecule has 1 amide bonds. The lowest BCUT2D eigenvalue weighted by molar-refractivity contribution is 0.0466. The van der Waals surface area contributed by atoms with Gasteiger partial charge in [-0.25, -0.2) is 0 Å². The first-order valence-electron chi connectivity index (χ1n) is 6.42. The zero-order chi connectivity index (χ0) is 14.0. The van der Waals surface area contributed by atoms with Gasteiger partial charge in [0, 0.05) is 23.5 Å². The minimum absolute atomic E-state index is 0.0587. The number of aliphatic hydroxyl groups is 1. The van der Waals surface area contributed by atoms with Gasteiger partial charge in [-0.2, -0.15) is 0 Å². The molecule has 1 saturated heterocycles. The monoisotopic (exact) mass is 345 g/mol. The summed E-state index contributed by atoms with van der Waals surface area (Å²) in [6, 6.07) is 5.36. The number of piperidine rings is 1. The topological polar surface area (TPSA) is 40.5 Å². The lowest BCUT2D eigenvalue weighted by atomic mass is 9.93. The first kappa shape index (κ1) is 14.8.